The van der Waals surface area contributed by atoms with Crippen molar-refractivity contribution >= 4 is 39.9 Å². The number of halogens is 5. The highest BCUT2D eigenvalue weighted by Gasteiger charge is 2.33. The van der Waals surface area contributed by atoms with E-state index in [1.165, 1.54) is 12.1 Å². The minimum absolute atomic E-state index is 0. The van der Waals surface area contributed by atoms with Crippen LogP contribution in [0.1, 0.15) is 18.4 Å². The quantitative estimate of drug-likeness (QED) is 0.770. The van der Waals surface area contributed by atoms with Crippen LogP contribution in [-0.4, -0.2) is 31.7 Å². The molecule has 2 rings (SSSR count). The number of carbonyl (C=O) groups is 1. The van der Waals surface area contributed by atoms with Gasteiger partial charge in [-0.3, -0.25) is 4.79 Å². The van der Waals surface area contributed by atoms with Crippen LogP contribution in [0.25, 0.3) is 0 Å². The lowest BCUT2D eigenvalue weighted by molar-refractivity contribution is -0.138. The van der Waals surface area contributed by atoms with Gasteiger partial charge in [-0.25, -0.2) is 0 Å². The first-order valence-electron chi connectivity index (χ1n) is 6.85. The average Bonchev–Trinajstić information content (AvgIpc) is 2.93. The second kappa shape index (κ2) is 8.86. The molecule has 4 nitrogen and oxygen atoms in total. The smallest absolute Gasteiger partial charge is 0.377 e. The zero-order chi connectivity index (χ0) is 16.2. The summed E-state index contributed by atoms with van der Waals surface area (Å²) < 4.78 is 43.7. The van der Waals surface area contributed by atoms with Crippen molar-refractivity contribution in [2.24, 2.45) is 0 Å². The molecule has 1 saturated heterocycles. The Labute approximate surface area is 146 Å². The molecule has 1 unspecified atom stereocenters. The maximum atomic E-state index is 12.8. The maximum Gasteiger partial charge on any atom is 0.417 e. The third-order valence-electron chi connectivity index (χ3n) is 3.24. The third kappa shape index (κ3) is 6.29. The van der Waals surface area contributed by atoms with Gasteiger partial charge in [0.1, 0.15) is 0 Å². The number of hydrogen-bond acceptors (Lipinski definition) is 3. The molecule has 1 atom stereocenters. The fourth-order valence-electron chi connectivity index (χ4n) is 2.18. The van der Waals surface area contributed by atoms with E-state index >= 15 is 0 Å². The van der Waals surface area contributed by atoms with Crippen LogP contribution in [0.15, 0.2) is 22.7 Å². The number of anilines is 1. The Morgan fingerprint density at radius 1 is 1.39 bits per heavy atom. The van der Waals surface area contributed by atoms with Crippen LogP contribution in [0.4, 0.5) is 18.9 Å². The van der Waals surface area contributed by atoms with Crippen LogP contribution in [0.2, 0.25) is 0 Å². The molecule has 1 aliphatic rings. The molecule has 0 radical (unpaired) electrons. The summed E-state index contributed by atoms with van der Waals surface area (Å²) in [7, 11) is 0. The van der Waals surface area contributed by atoms with Gasteiger partial charge >= 0.3 is 6.18 Å². The molecular formula is C14H17BrClF3N2O2. The van der Waals surface area contributed by atoms with E-state index in [1.807, 2.05) is 0 Å². The molecule has 130 valence electrons. The Kier molecular flexibility index (Phi) is 7.79. The summed E-state index contributed by atoms with van der Waals surface area (Å²) in [5.74, 6) is -0.395. The van der Waals surface area contributed by atoms with Crippen molar-refractivity contribution in [3.8, 4) is 0 Å². The van der Waals surface area contributed by atoms with Crippen LogP contribution in [-0.2, 0) is 15.7 Å². The molecule has 1 aromatic carbocycles. The Balaban J connectivity index is 0.00000264. The number of alkyl halides is 3. The van der Waals surface area contributed by atoms with E-state index in [0.29, 0.717) is 6.54 Å². The molecule has 2 N–H and O–H groups in total. The number of amides is 1. The Morgan fingerprint density at radius 3 is 2.74 bits per heavy atom. The van der Waals surface area contributed by atoms with Crippen molar-refractivity contribution in [1.82, 2.24) is 5.32 Å². The van der Waals surface area contributed by atoms with Crippen molar-refractivity contribution in [2.75, 3.05) is 25.0 Å². The zero-order valence-corrected chi connectivity index (χ0v) is 14.5. The number of carbonyl (C=O) groups excluding carboxylic acids is 1. The van der Waals surface area contributed by atoms with Crippen molar-refractivity contribution in [1.29, 1.82) is 0 Å². The fraction of sp³-hybridized carbons (Fsp3) is 0.500. The standard InChI is InChI=1S/C14H16BrF3N2O2.ClH/c15-12-4-3-9(6-11(12)14(16,17)18)20-13(21)8-19-7-10-2-1-5-22-10;/h3-4,6,10,19H,1-2,5,7-8H2,(H,20,21);1H. The maximum absolute atomic E-state index is 12.8. The Bertz CT molecular complexity index is 537. The first-order valence-corrected chi connectivity index (χ1v) is 7.64. The van der Waals surface area contributed by atoms with Crippen LogP contribution in [0.5, 0.6) is 0 Å². The number of rotatable bonds is 5. The molecule has 1 aromatic rings. The largest absolute Gasteiger partial charge is 0.417 e. The summed E-state index contributed by atoms with van der Waals surface area (Å²) in [4.78, 5) is 11.7. The summed E-state index contributed by atoms with van der Waals surface area (Å²) >= 11 is 2.85. The molecule has 1 aliphatic heterocycles. The van der Waals surface area contributed by atoms with Gasteiger partial charge in [0.05, 0.1) is 18.2 Å². The van der Waals surface area contributed by atoms with Gasteiger partial charge in [-0.1, -0.05) is 15.9 Å². The fourth-order valence-corrected chi connectivity index (χ4v) is 2.65. The molecule has 1 fully saturated rings. The van der Waals surface area contributed by atoms with E-state index in [4.69, 9.17) is 4.74 Å². The highest BCUT2D eigenvalue weighted by molar-refractivity contribution is 9.10. The third-order valence-corrected chi connectivity index (χ3v) is 3.93. The van der Waals surface area contributed by atoms with Gasteiger partial charge in [-0.05, 0) is 31.0 Å². The average molecular weight is 418 g/mol. The number of hydrogen-bond donors (Lipinski definition) is 2. The second-order valence-electron chi connectivity index (χ2n) is 5.01. The second-order valence-corrected chi connectivity index (χ2v) is 5.86. The molecule has 0 bridgehead atoms. The summed E-state index contributed by atoms with van der Waals surface area (Å²) in [5.41, 5.74) is -0.711. The molecule has 0 saturated carbocycles. The van der Waals surface area contributed by atoms with Gasteiger partial charge < -0.3 is 15.4 Å². The molecule has 1 heterocycles. The van der Waals surface area contributed by atoms with Gasteiger partial charge in [-0.15, -0.1) is 12.4 Å². The lowest BCUT2D eigenvalue weighted by Crippen LogP contribution is -2.33. The lowest BCUT2D eigenvalue weighted by Gasteiger charge is -2.13. The van der Waals surface area contributed by atoms with Crippen LogP contribution in [0, 0.1) is 0 Å². The van der Waals surface area contributed by atoms with Gasteiger partial charge in [0, 0.05) is 23.3 Å². The first kappa shape index (κ1) is 20.2. The van der Waals surface area contributed by atoms with Crippen molar-refractivity contribution < 1.29 is 22.7 Å². The summed E-state index contributed by atoms with van der Waals surface area (Å²) in [6.45, 7) is 1.32. The lowest BCUT2D eigenvalue weighted by atomic mass is 10.2. The predicted molar refractivity (Wildman–Crippen MR) is 86.9 cm³/mol. The van der Waals surface area contributed by atoms with Crippen LogP contribution in [0.3, 0.4) is 0 Å². The zero-order valence-electron chi connectivity index (χ0n) is 12.1. The summed E-state index contributed by atoms with van der Waals surface area (Å²) in [5, 5.41) is 5.38. The summed E-state index contributed by atoms with van der Waals surface area (Å²) in [6.07, 6.45) is -2.40. The van der Waals surface area contributed by atoms with E-state index in [1.54, 1.807) is 0 Å². The SMILES string of the molecule is Cl.O=C(CNCC1CCCO1)Nc1ccc(Br)c(C(F)(F)F)c1. The van der Waals surface area contributed by atoms with E-state index in [2.05, 4.69) is 26.6 Å². The number of ether oxygens (including phenoxy) is 1. The molecule has 23 heavy (non-hydrogen) atoms. The van der Waals surface area contributed by atoms with Crippen molar-refractivity contribution in [3.05, 3.63) is 28.2 Å². The van der Waals surface area contributed by atoms with Crippen molar-refractivity contribution in [2.45, 2.75) is 25.1 Å². The highest BCUT2D eigenvalue weighted by atomic mass is 79.9. The summed E-state index contributed by atoms with van der Waals surface area (Å²) in [6, 6.07) is 3.58. The predicted octanol–water partition coefficient (Wildman–Crippen LogP) is 3.60. The topological polar surface area (TPSA) is 50.4 Å². The van der Waals surface area contributed by atoms with E-state index < -0.39 is 17.6 Å². The Morgan fingerprint density at radius 2 is 2.13 bits per heavy atom. The van der Waals surface area contributed by atoms with Gasteiger partial charge in [0.25, 0.3) is 0 Å². The van der Waals surface area contributed by atoms with E-state index in [9.17, 15) is 18.0 Å². The minimum Gasteiger partial charge on any atom is -0.377 e. The first-order chi connectivity index (χ1) is 10.4. The van der Waals surface area contributed by atoms with Gasteiger partial charge in [-0.2, -0.15) is 13.2 Å². The van der Waals surface area contributed by atoms with Gasteiger partial charge in [0.2, 0.25) is 5.91 Å². The minimum atomic E-state index is -4.47. The van der Waals surface area contributed by atoms with Crippen molar-refractivity contribution in [3.63, 3.8) is 0 Å². The normalized spacial score (nSPS) is 17.7. The van der Waals surface area contributed by atoms with Crippen LogP contribution >= 0.6 is 28.3 Å². The Hall–Kier alpha value is -0.830. The van der Waals surface area contributed by atoms with Gasteiger partial charge in [0.15, 0.2) is 0 Å². The number of nitrogens with one attached hydrogen (secondary N) is 2. The monoisotopic (exact) mass is 416 g/mol. The van der Waals surface area contributed by atoms with E-state index in [0.717, 1.165) is 25.5 Å². The molecule has 9 heteroatoms. The van der Waals surface area contributed by atoms with Crippen LogP contribution < -0.4 is 10.6 Å². The molecule has 1 amide bonds. The molecule has 0 aromatic heterocycles. The molecule has 0 spiro atoms. The highest BCUT2D eigenvalue weighted by Crippen LogP contribution is 2.36. The molecule has 0 aliphatic carbocycles. The number of benzene rings is 1. The van der Waals surface area contributed by atoms with E-state index in [-0.39, 0.29) is 35.2 Å². The molecular weight excluding hydrogens is 401 g/mol.